The Bertz CT molecular complexity index is 793. The zero-order chi connectivity index (χ0) is 15.1. The molecule has 2 heterocycles. The number of nitrogens with zero attached hydrogens (tertiary/aromatic N) is 2. The maximum absolute atomic E-state index is 13.3. The molecule has 0 radical (unpaired) electrons. The molecule has 0 aliphatic carbocycles. The SMILES string of the molecule is CC(C)n1ncc(Br)c1C(N)c1cc2cc(F)ccc2s1. The third-order valence-corrected chi connectivity index (χ3v) is 5.18. The Hall–Kier alpha value is -1.24. The number of hydrogen-bond acceptors (Lipinski definition) is 3. The second-order valence-electron chi connectivity index (χ2n) is 5.22. The zero-order valence-electron chi connectivity index (χ0n) is 11.7. The van der Waals surface area contributed by atoms with Gasteiger partial charge in [0.1, 0.15) is 5.82 Å². The monoisotopic (exact) mass is 367 g/mol. The molecule has 2 N–H and O–H groups in total. The normalized spacial score (nSPS) is 13.2. The van der Waals surface area contributed by atoms with E-state index in [-0.39, 0.29) is 17.9 Å². The van der Waals surface area contributed by atoms with Gasteiger partial charge in [0.25, 0.3) is 0 Å². The molecule has 21 heavy (non-hydrogen) atoms. The predicted molar refractivity (Wildman–Crippen MR) is 88.1 cm³/mol. The highest BCUT2D eigenvalue weighted by Gasteiger charge is 2.21. The predicted octanol–water partition coefficient (Wildman–Crippen LogP) is 4.63. The molecule has 0 aliphatic heterocycles. The van der Waals surface area contributed by atoms with Crippen LogP contribution in [0.2, 0.25) is 0 Å². The summed E-state index contributed by atoms with van der Waals surface area (Å²) < 4.78 is 17.2. The van der Waals surface area contributed by atoms with Gasteiger partial charge in [0.15, 0.2) is 0 Å². The maximum Gasteiger partial charge on any atom is 0.123 e. The molecular weight excluding hydrogens is 353 g/mol. The van der Waals surface area contributed by atoms with Gasteiger partial charge < -0.3 is 5.73 Å². The van der Waals surface area contributed by atoms with E-state index in [2.05, 4.69) is 34.9 Å². The molecule has 2 aromatic heterocycles. The Balaban J connectivity index is 2.08. The van der Waals surface area contributed by atoms with Crippen LogP contribution in [0.15, 0.2) is 34.9 Å². The van der Waals surface area contributed by atoms with Gasteiger partial charge in [-0.15, -0.1) is 11.3 Å². The summed E-state index contributed by atoms with van der Waals surface area (Å²) in [5.41, 5.74) is 7.37. The smallest absolute Gasteiger partial charge is 0.123 e. The first-order valence-corrected chi connectivity index (χ1v) is 8.26. The summed E-state index contributed by atoms with van der Waals surface area (Å²) in [5, 5.41) is 5.25. The third-order valence-electron chi connectivity index (χ3n) is 3.37. The van der Waals surface area contributed by atoms with Crippen LogP contribution in [-0.4, -0.2) is 9.78 Å². The van der Waals surface area contributed by atoms with Crippen LogP contribution in [0.25, 0.3) is 10.1 Å². The van der Waals surface area contributed by atoms with E-state index in [9.17, 15) is 4.39 Å². The van der Waals surface area contributed by atoms with Gasteiger partial charge >= 0.3 is 0 Å². The fraction of sp³-hybridized carbons (Fsp3) is 0.267. The Labute approximate surface area is 134 Å². The van der Waals surface area contributed by atoms with Crippen LogP contribution >= 0.6 is 27.3 Å². The molecule has 1 unspecified atom stereocenters. The first-order valence-electron chi connectivity index (χ1n) is 6.65. The first kappa shape index (κ1) is 14.7. The number of aromatic nitrogens is 2. The molecule has 110 valence electrons. The van der Waals surface area contributed by atoms with Crippen molar-refractivity contribution in [3.63, 3.8) is 0 Å². The minimum atomic E-state index is -0.287. The number of benzene rings is 1. The second-order valence-corrected chi connectivity index (χ2v) is 7.19. The van der Waals surface area contributed by atoms with Crippen molar-refractivity contribution in [2.45, 2.75) is 25.9 Å². The van der Waals surface area contributed by atoms with E-state index in [0.29, 0.717) is 0 Å². The standard InChI is InChI=1S/C15H15BrFN3S/c1-8(2)20-15(11(16)7-19-20)14(18)13-6-9-5-10(17)3-4-12(9)21-13/h3-8,14H,18H2,1-2H3. The average molecular weight is 368 g/mol. The average Bonchev–Trinajstić information content (AvgIpc) is 3.00. The number of nitrogens with two attached hydrogens (primary N) is 1. The van der Waals surface area contributed by atoms with Crippen LogP contribution in [0.5, 0.6) is 0 Å². The largest absolute Gasteiger partial charge is 0.318 e. The molecule has 0 fully saturated rings. The van der Waals surface area contributed by atoms with E-state index in [4.69, 9.17) is 5.73 Å². The molecule has 0 spiro atoms. The van der Waals surface area contributed by atoms with Crippen molar-refractivity contribution in [2.24, 2.45) is 5.73 Å². The van der Waals surface area contributed by atoms with Gasteiger partial charge in [-0.1, -0.05) is 0 Å². The molecule has 3 nitrogen and oxygen atoms in total. The molecule has 0 saturated carbocycles. The molecular formula is C15H15BrFN3S. The minimum absolute atomic E-state index is 0.226. The Kier molecular flexibility index (Phi) is 3.86. The molecule has 0 bridgehead atoms. The van der Waals surface area contributed by atoms with Crippen molar-refractivity contribution in [3.8, 4) is 0 Å². The van der Waals surface area contributed by atoms with Crippen molar-refractivity contribution in [2.75, 3.05) is 0 Å². The Morgan fingerprint density at radius 1 is 1.33 bits per heavy atom. The molecule has 1 atom stereocenters. The molecule has 0 aliphatic rings. The quantitative estimate of drug-likeness (QED) is 0.733. The Morgan fingerprint density at radius 3 is 2.81 bits per heavy atom. The molecule has 0 amide bonds. The molecule has 6 heteroatoms. The molecule has 3 rings (SSSR count). The van der Waals surface area contributed by atoms with Crippen molar-refractivity contribution < 1.29 is 4.39 Å². The van der Waals surface area contributed by atoms with E-state index < -0.39 is 0 Å². The van der Waals surface area contributed by atoms with Crippen molar-refractivity contribution >= 4 is 37.4 Å². The van der Waals surface area contributed by atoms with Crippen molar-refractivity contribution in [3.05, 3.63) is 51.3 Å². The van der Waals surface area contributed by atoms with E-state index >= 15 is 0 Å². The first-order chi connectivity index (χ1) is 9.97. The Morgan fingerprint density at radius 2 is 2.10 bits per heavy atom. The zero-order valence-corrected chi connectivity index (χ0v) is 14.1. The topological polar surface area (TPSA) is 43.8 Å². The van der Waals surface area contributed by atoms with Crippen LogP contribution in [0, 0.1) is 5.82 Å². The second kappa shape index (κ2) is 5.51. The van der Waals surface area contributed by atoms with E-state index in [1.807, 2.05) is 10.7 Å². The van der Waals surface area contributed by atoms with Gasteiger partial charge in [-0.05, 0) is 59.4 Å². The lowest BCUT2D eigenvalue weighted by Crippen LogP contribution is -2.18. The highest BCUT2D eigenvalue weighted by molar-refractivity contribution is 9.10. The number of halogens is 2. The number of rotatable bonds is 3. The van der Waals surface area contributed by atoms with Gasteiger partial charge in [-0.25, -0.2) is 4.39 Å². The minimum Gasteiger partial charge on any atom is -0.318 e. The number of hydrogen-bond donors (Lipinski definition) is 1. The van der Waals surface area contributed by atoms with Crippen LogP contribution in [0.1, 0.15) is 36.5 Å². The lowest BCUT2D eigenvalue weighted by Gasteiger charge is -2.16. The van der Waals surface area contributed by atoms with E-state index in [1.165, 1.54) is 12.1 Å². The summed E-state index contributed by atoms with van der Waals surface area (Å²) in [6, 6.07) is 6.70. The highest BCUT2D eigenvalue weighted by atomic mass is 79.9. The maximum atomic E-state index is 13.3. The molecule has 1 aromatic carbocycles. The van der Waals surface area contributed by atoms with Crippen LogP contribution in [0.4, 0.5) is 4.39 Å². The van der Waals surface area contributed by atoms with Gasteiger partial charge in [0, 0.05) is 15.6 Å². The van der Waals surface area contributed by atoms with Crippen LogP contribution in [-0.2, 0) is 0 Å². The summed E-state index contributed by atoms with van der Waals surface area (Å²) >= 11 is 5.11. The summed E-state index contributed by atoms with van der Waals surface area (Å²) in [5.74, 6) is -0.228. The summed E-state index contributed by atoms with van der Waals surface area (Å²) in [4.78, 5) is 0.999. The van der Waals surface area contributed by atoms with Crippen molar-refractivity contribution in [1.82, 2.24) is 9.78 Å². The molecule has 0 saturated heterocycles. The van der Waals surface area contributed by atoms with E-state index in [1.54, 1.807) is 23.6 Å². The summed E-state index contributed by atoms with van der Waals surface area (Å²) in [6.07, 6.45) is 1.77. The third kappa shape index (κ3) is 2.63. The van der Waals surface area contributed by atoms with Gasteiger partial charge in [-0.3, -0.25) is 4.68 Å². The molecule has 3 aromatic rings. The lowest BCUT2D eigenvalue weighted by molar-refractivity contribution is 0.499. The summed E-state index contributed by atoms with van der Waals surface area (Å²) in [7, 11) is 0. The number of fused-ring (bicyclic) bond motifs is 1. The van der Waals surface area contributed by atoms with Crippen LogP contribution < -0.4 is 5.73 Å². The van der Waals surface area contributed by atoms with Gasteiger partial charge in [-0.2, -0.15) is 5.10 Å². The van der Waals surface area contributed by atoms with Gasteiger partial charge in [0.2, 0.25) is 0 Å². The lowest BCUT2D eigenvalue weighted by atomic mass is 10.1. The van der Waals surface area contributed by atoms with E-state index in [0.717, 1.165) is 25.1 Å². The number of thiophene rings is 1. The fourth-order valence-corrected chi connectivity index (χ4v) is 3.95. The van der Waals surface area contributed by atoms with Crippen molar-refractivity contribution in [1.29, 1.82) is 0 Å². The summed E-state index contributed by atoms with van der Waals surface area (Å²) in [6.45, 7) is 4.13. The fourth-order valence-electron chi connectivity index (χ4n) is 2.38. The highest BCUT2D eigenvalue weighted by Crippen LogP contribution is 2.35. The van der Waals surface area contributed by atoms with Gasteiger partial charge in [0.05, 0.1) is 22.4 Å². The van der Waals surface area contributed by atoms with Crippen LogP contribution in [0.3, 0.4) is 0 Å².